The van der Waals surface area contributed by atoms with Crippen LogP contribution in [0.15, 0.2) is 30.3 Å². The van der Waals surface area contributed by atoms with Gasteiger partial charge >= 0.3 is 0 Å². The molecule has 0 aliphatic heterocycles. The van der Waals surface area contributed by atoms with Gasteiger partial charge in [-0.05, 0) is 56.7 Å². The van der Waals surface area contributed by atoms with Crippen LogP contribution in [0.25, 0.3) is 0 Å². The van der Waals surface area contributed by atoms with Gasteiger partial charge in [0.2, 0.25) is 0 Å². The maximum absolute atomic E-state index is 3.66. The van der Waals surface area contributed by atoms with Crippen LogP contribution in [0, 0.1) is 6.92 Å². The molecule has 0 fully saturated rings. The summed E-state index contributed by atoms with van der Waals surface area (Å²) in [6.45, 7) is 5.39. The Kier molecular flexibility index (Phi) is 4.23. The number of aryl methyl sites for hydroxylation is 3. The first kappa shape index (κ1) is 13.8. The number of benzene rings is 1. The van der Waals surface area contributed by atoms with Gasteiger partial charge in [0.05, 0.1) is 0 Å². The Bertz CT molecular complexity index is 561. The lowest BCUT2D eigenvalue weighted by atomic mass is 9.99. The molecule has 2 aromatic rings. The van der Waals surface area contributed by atoms with Gasteiger partial charge in [-0.2, -0.15) is 0 Å². The van der Waals surface area contributed by atoms with Gasteiger partial charge in [-0.25, -0.2) is 0 Å². The SMILES string of the molecule is Cc1cccc(CNC(C)c2cc3c(s2)CCCC3)c1. The van der Waals surface area contributed by atoms with Crippen molar-refractivity contribution in [3.63, 3.8) is 0 Å². The Morgan fingerprint density at radius 2 is 2.05 bits per heavy atom. The molecule has 2 heteroatoms. The highest BCUT2D eigenvalue weighted by molar-refractivity contribution is 7.12. The molecule has 1 unspecified atom stereocenters. The maximum Gasteiger partial charge on any atom is 0.0389 e. The summed E-state index contributed by atoms with van der Waals surface area (Å²) in [7, 11) is 0. The quantitative estimate of drug-likeness (QED) is 0.852. The Morgan fingerprint density at radius 3 is 2.85 bits per heavy atom. The van der Waals surface area contributed by atoms with Crippen LogP contribution in [0.4, 0.5) is 0 Å². The van der Waals surface area contributed by atoms with Crippen LogP contribution >= 0.6 is 11.3 Å². The Morgan fingerprint density at radius 1 is 1.20 bits per heavy atom. The van der Waals surface area contributed by atoms with E-state index in [2.05, 4.69) is 49.5 Å². The average Bonchev–Trinajstić information content (AvgIpc) is 2.89. The van der Waals surface area contributed by atoms with Crippen molar-refractivity contribution in [3.8, 4) is 0 Å². The van der Waals surface area contributed by atoms with E-state index in [0.29, 0.717) is 6.04 Å². The van der Waals surface area contributed by atoms with Gasteiger partial charge in [-0.15, -0.1) is 11.3 Å². The molecule has 0 saturated heterocycles. The molecule has 1 aromatic heterocycles. The van der Waals surface area contributed by atoms with E-state index in [4.69, 9.17) is 0 Å². The maximum atomic E-state index is 3.66. The first-order valence-electron chi connectivity index (χ1n) is 7.63. The molecule has 0 radical (unpaired) electrons. The minimum absolute atomic E-state index is 0.450. The molecule has 1 aromatic carbocycles. The number of rotatable bonds is 4. The summed E-state index contributed by atoms with van der Waals surface area (Å²) in [5.74, 6) is 0. The van der Waals surface area contributed by atoms with Crippen LogP contribution in [-0.2, 0) is 19.4 Å². The zero-order valence-electron chi connectivity index (χ0n) is 12.4. The molecule has 20 heavy (non-hydrogen) atoms. The van der Waals surface area contributed by atoms with E-state index >= 15 is 0 Å². The van der Waals surface area contributed by atoms with Crippen LogP contribution in [-0.4, -0.2) is 0 Å². The predicted molar refractivity (Wildman–Crippen MR) is 87.4 cm³/mol. The van der Waals surface area contributed by atoms with E-state index in [-0.39, 0.29) is 0 Å². The summed E-state index contributed by atoms with van der Waals surface area (Å²) in [5, 5.41) is 3.66. The number of nitrogens with one attached hydrogen (secondary N) is 1. The van der Waals surface area contributed by atoms with Crippen LogP contribution in [0.1, 0.15) is 52.3 Å². The fraction of sp³-hybridized carbons (Fsp3) is 0.444. The van der Waals surface area contributed by atoms with Gasteiger partial charge in [-0.1, -0.05) is 29.8 Å². The first-order valence-corrected chi connectivity index (χ1v) is 8.44. The van der Waals surface area contributed by atoms with Crippen molar-refractivity contribution in [1.82, 2.24) is 5.32 Å². The predicted octanol–water partition coefficient (Wildman–Crippen LogP) is 4.79. The lowest BCUT2D eigenvalue weighted by Crippen LogP contribution is -2.17. The fourth-order valence-electron chi connectivity index (χ4n) is 2.92. The molecule has 1 heterocycles. The normalized spacial score (nSPS) is 15.9. The standard InChI is InChI=1S/C18H23NS/c1-13-6-5-7-15(10-13)12-19-14(2)18-11-16-8-3-4-9-17(16)20-18/h5-7,10-11,14,19H,3-4,8-9,12H2,1-2H3. The molecule has 0 saturated carbocycles. The molecule has 3 rings (SSSR count). The van der Waals surface area contributed by atoms with Crippen molar-refractivity contribution in [2.24, 2.45) is 0 Å². The zero-order valence-corrected chi connectivity index (χ0v) is 13.2. The third kappa shape index (κ3) is 3.13. The molecule has 106 valence electrons. The monoisotopic (exact) mass is 285 g/mol. The fourth-order valence-corrected chi connectivity index (χ4v) is 4.20. The first-order chi connectivity index (χ1) is 9.72. The van der Waals surface area contributed by atoms with E-state index in [0.717, 1.165) is 6.54 Å². The summed E-state index contributed by atoms with van der Waals surface area (Å²) in [6.07, 6.45) is 5.33. The van der Waals surface area contributed by atoms with Gasteiger partial charge in [-0.3, -0.25) is 0 Å². The van der Waals surface area contributed by atoms with E-state index < -0.39 is 0 Å². The second-order valence-electron chi connectivity index (χ2n) is 5.90. The zero-order chi connectivity index (χ0) is 13.9. The molecular formula is C18H23NS. The minimum atomic E-state index is 0.450. The largest absolute Gasteiger partial charge is 0.305 e. The summed E-state index contributed by atoms with van der Waals surface area (Å²) < 4.78 is 0. The number of hydrogen-bond acceptors (Lipinski definition) is 2. The van der Waals surface area contributed by atoms with Crippen LogP contribution in [0.3, 0.4) is 0 Å². The lowest BCUT2D eigenvalue weighted by Gasteiger charge is -2.12. The molecular weight excluding hydrogens is 262 g/mol. The molecule has 1 aliphatic carbocycles. The van der Waals surface area contributed by atoms with Crippen molar-refractivity contribution in [2.75, 3.05) is 0 Å². The van der Waals surface area contributed by atoms with E-state index in [1.165, 1.54) is 41.7 Å². The average molecular weight is 285 g/mol. The van der Waals surface area contributed by atoms with Gasteiger partial charge < -0.3 is 5.32 Å². The Balaban J connectivity index is 1.64. The lowest BCUT2D eigenvalue weighted by molar-refractivity contribution is 0.582. The topological polar surface area (TPSA) is 12.0 Å². The van der Waals surface area contributed by atoms with Crippen molar-refractivity contribution >= 4 is 11.3 Å². The molecule has 1 aliphatic rings. The van der Waals surface area contributed by atoms with E-state index in [9.17, 15) is 0 Å². The highest BCUT2D eigenvalue weighted by atomic mass is 32.1. The third-order valence-electron chi connectivity index (χ3n) is 4.14. The minimum Gasteiger partial charge on any atom is -0.305 e. The molecule has 1 nitrogen and oxygen atoms in total. The van der Waals surface area contributed by atoms with Crippen LogP contribution in [0.2, 0.25) is 0 Å². The van der Waals surface area contributed by atoms with Crippen molar-refractivity contribution in [3.05, 3.63) is 56.8 Å². The smallest absolute Gasteiger partial charge is 0.0389 e. The van der Waals surface area contributed by atoms with Crippen molar-refractivity contribution in [1.29, 1.82) is 0 Å². The summed E-state index contributed by atoms with van der Waals surface area (Å²) in [5.41, 5.74) is 4.32. The van der Waals surface area contributed by atoms with Gasteiger partial charge in [0.1, 0.15) is 0 Å². The summed E-state index contributed by atoms with van der Waals surface area (Å²) >= 11 is 2.02. The molecule has 1 atom stereocenters. The molecule has 1 N–H and O–H groups in total. The van der Waals surface area contributed by atoms with Gasteiger partial charge in [0.25, 0.3) is 0 Å². The van der Waals surface area contributed by atoms with Crippen molar-refractivity contribution < 1.29 is 0 Å². The highest BCUT2D eigenvalue weighted by Crippen LogP contribution is 2.32. The second kappa shape index (κ2) is 6.11. The Hall–Kier alpha value is -1.12. The number of fused-ring (bicyclic) bond motifs is 1. The van der Waals surface area contributed by atoms with Gasteiger partial charge in [0, 0.05) is 22.3 Å². The van der Waals surface area contributed by atoms with Crippen LogP contribution in [0.5, 0.6) is 0 Å². The second-order valence-corrected chi connectivity index (χ2v) is 7.06. The highest BCUT2D eigenvalue weighted by Gasteiger charge is 2.16. The van der Waals surface area contributed by atoms with E-state index in [1.54, 1.807) is 10.4 Å². The number of hydrogen-bond donors (Lipinski definition) is 1. The molecule has 0 bridgehead atoms. The molecule has 0 amide bonds. The van der Waals surface area contributed by atoms with Crippen LogP contribution < -0.4 is 5.32 Å². The number of thiophene rings is 1. The molecule has 0 spiro atoms. The third-order valence-corrected chi connectivity index (χ3v) is 5.56. The van der Waals surface area contributed by atoms with Crippen molar-refractivity contribution in [2.45, 2.75) is 52.1 Å². The summed E-state index contributed by atoms with van der Waals surface area (Å²) in [4.78, 5) is 3.14. The van der Waals surface area contributed by atoms with Gasteiger partial charge in [0.15, 0.2) is 0 Å². The summed E-state index contributed by atoms with van der Waals surface area (Å²) in [6, 6.07) is 11.6. The Labute approximate surface area is 126 Å². The van der Waals surface area contributed by atoms with E-state index in [1.807, 2.05) is 11.3 Å².